The molecule has 26 heavy (non-hydrogen) atoms. The molecule has 0 saturated carbocycles. The van der Waals surface area contributed by atoms with E-state index < -0.39 is 45.8 Å². The molecule has 0 aliphatic carbocycles. The summed E-state index contributed by atoms with van der Waals surface area (Å²) in [5.74, 6) is -5.63. The smallest absolute Gasteiger partial charge is 0.314 e. The largest absolute Gasteiger partial charge is 0.496 e. The van der Waals surface area contributed by atoms with E-state index in [-0.39, 0.29) is 11.5 Å². The molecule has 138 valence electrons. The standard InChI is InChI=1S/C16H13F3N2O5/c1-8(16(22)20-11-5-4-10(17)14(18)15(11)19)26-13-6-3-9(25-2)7-12(13)21(23)24/h3-8H,1-2H3,(H,20,22)/t8-/m1/s1. The number of nitrogens with zero attached hydrogens (tertiary/aromatic N) is 1. The monoisotopic (exact) mass is 370 g/mol. The molecule has 1 N–H and O–H groups in total. The molecular formula is C16H13F3N2O5. The average Bonchev–Trinajstić information content (AvgIpc) is 2.62. The molecule has 0 fully saturated rings. The number of carbonyl (C=O) groups excluding carboxylic acids is 1. The van der Waals surface area contributed by atoms with Gasteiger partial charge in [0.25, 0.3) is 5.91 Å². The first-order chi connectivity index (χ1) is 12.2. The highest BCUT2D eigenvalue weighted by atomic mass is 19.2. The van der Waals surface area contributed by atoms with E-state index in [2.05, 4.69) is 0 Å². The molecule has 10 heteroatoms. The zero-order chi connectivity index (χ0) is 19.4. The first kappa shape index (κ1) is 19.0. The molecule has 0 unspecified atom stereocenters. The maximum absolute atomic E-state index is 13.6. The van der Waals surface area contributed by atoms with E-state index in [1.807, 2.05) is 5.32 Å². The van der Waals surface area contributed by atoms with Crippen molar-refractivity contribution in [2.45, 2.75) is 13.0 Å². The number of ether oxygens (including phenoxy) is 2. The summed E-state index contributed by atoms with van der Waals surface area (Å²) in [6, 6.07) is 5.22. The van der Waals surface area contributed by atoms with Crippen LogP contribution in [0.4, 0.5) is 24.5 Å². The van der Waals surface area contributed by atoms with Gasteiger partial charge in [-0.3, -0.25) is 14.9 Å². The van der Waals surface area contributed by atoms with Crippen LogP contribution >= 0.6 is 0 Å². The highest BCUT2D eigenvalue weighted by molar-refractivity contribution is 5.94. The summed E-state index contributed by atoms with van der Waals surface area (Å²) < 4.78 is 49.8. The first-order valence-corrected chi connectivity index (χ1v) is 7.18. The van der Waals surface area contributed by atoms with Gasteiger partial charge in [0.2, 0.25) is 0 Å². The zero-order valence-electron chi connectivity index (χ0n) is 13.6. The van der Waals surface area contributed by atoms with Gasteiger partial charge in [0, 0.05) is 0 Å². The Hall–Kier alpha value is -3.30. The third-order valence-electron chi connectivity index (χ3n) is 3.33. The van der Waals surface area contributed by atoms with Crippen LogP contribution in [0.5, 0.6) is 11.5 Å². The molecule has 1 amide bonds. The van der Waals surface area contributed by atoms with Gasteiger partial charge in [0.1, 0.15) is 5.75 Å². The normalized spacial score (nSPS) is 11.6. The summed E-state index contributed by atoms with van der Waals surface area (Å²) in [5.41, 5.74) is -1.03. The first-order valence-electron chi connectivity index (χ1n) is 7.18. The second-order valence-electron chi connectivity index (χ2n) is 5.06. The number of nitrogens with one attached hydrogen (secondary N) is 1. The van der Waals surface area contributed by atoms with Crippen molar-refractivity contribution in [3.05, 3.63) is 57.9 Å². The van der Waals surface area contributed by atoms with Crippen molar-refractivity contribution in [3.8, 4) is 11.5 Å². The number of nitro benzene ring substituents is 1. The maximum Gasteiger partial charge on any atom is 0.314 e. The fourth-order valence-electron chi connectivity index (χ4n) is 1.97. The third kappa shape index (κ3) is 4.02. The van der Waals surface area contributed by atoms with E-state index >= 15 is 0 Å². The number of hydrogen-bond acceptors (Lipinski definition) is 5. The Kier molecular flexibility index (Phi) is 5.65. The number of anilines is 1. The number of methoxy groups -OCH3 is 1. The Balaban J connectivity index is 2.17. The van der Waals surface area contributed by atoms with Crippen LogP contribution in [0.2, 0.25) is 0 Å². The van der Waals surface area contributed by atoms with Gasteiger partial charge >= 0.3 is 5.69 Å². The minimum atomic E-state index is -1.73. The van der Waals surface area contributed by atoms with Crippen LogP contribution in [0.3, 0.4) is 0 Å². The van der Waals surface area contributed by atoms with E-state index in [1.165, 1.54) is 26.2 Å². The maximum atomic E-state index is 13.6. The molecule has 0 bridgehead atoms. The second-order valence-corrected chi connectivity index (χ2v) is 5.06. The van der Waals surface area contributed by atoms with E-state index in [0.29, 0.717) is 6.07 Å². The summed E-state index contributed by atoms with van der Waals surface area (Å²) in [4.78, 5) is 22.4. The second kappa shape index (κ2) is 7.72. The molecule has 0 spiro atoms. The van der Waals surface area contributed by atoms with Crippen LogP contribution in [-0.4, -0.2) is 24.0 Å². The van der Waals surface area contributed by atoms with Crippen molar-refractivity contribution in [2.75, 3.05) is 12.4 Å². The summed E-state index contributed by atoms with van der Waals surface area (Å²) in [5, 5.41) is 13.1. The Morgan fingerprint density at radius 3 is 2.50 bits per heavy atom. The van der Waals surface area contributed by atoms with E-state index in [9.17, 15) is 28.1 Å². The highest BCUT2D eigenvalue weighted by Gasteiger charge is 2.23. The van der Waals surface area contributed by atoms with Crippen LogP contribution in [0.25, 0.3) is 0 Å². The lowest BCUT2D eigenvalue weighted by Gasteiger charge is -2.15. The van der Waals surface area contributed by atoms with Crippen LogP contribution in [0.15, 0.2) is 30.3 Å². The van der Waals surface area contributed by atoms with Crippen molar-refractivity contribution < 1.29 is 32.4 Å². The van der Waals surface area contributed by atoms with Gasteiger partial charge < -0.3 is 14.8 Å². The number of hydrogen-bond donors (Lipinski definition) is 1. The Morgan fingerprint density at radius 1 is 1.19 bits per heavy atom. The minimum Gasteiger partial charge on any atom is -0.496 e. The molecule has 1 atom stereocenters. The number of rotatable bonds is 6. The number of carbonyl (C=O) groups is 1. The lowest BCUT2D eigenvalue weighted by molar-refractivity contribution is -0.386. The molecule has 2 aromatic carbocycles. The van der Waals surface area contributed by atoms with Gasteiger partial charge in [-0.25, -0.2) is 13.2 Å². The number of nitro groups is 1. The molecule has 7 nitrogen and oxygen atoms in total. The molecule has 2 rings (SSSR count). The molecule has 0 aliphatic heterocycles. The number of benzene rings is 2. The van der Waals surface area contributed by atoms with Crippen LogP contribution in [0, 0.1) is 27.6 Å². The van der Waals surface area contributed by atoms with Crippen molar-refractivity contribution in [1.29, 1.82) is 0 Å². The Morgan fingerprint density at radius 2 is 1.88 bits per heavy atom. The van der Waals surface area contributed by atoms with E-state index in [4.69, 9.17) is 9.47 Å². The number of amides is 1. The Bertz CT molecular complexity index is 860. The quantitative estimate of drug-likeness (QED) is 0.478. The fourth-order valence-corrected chi connectivity index (χ4v) is 1.97. The molecule has 0 radical (unpaired) electrons. The van der Waals surface area contributed by atoms with Gasteiger partial charge in [-0.1, -0.05) is 0 Å². The molecular weight excluding hydrogens is 357 g/mol. The van der Waals surface area contributed by atoms with E-state index in [1.54, 1.807) is 0 Å². The summed E-state index contributed by atoms with van der Waals surface area (Å²) in [6.45, 7) is 1.25. The number of halogens is 3. The lowest BCUT2D eigenvalue weighted by atomic mass is 10.2. The predicted molar refractivity (Wildman–Crippen MR) is 84.7 cm³/mol. The van der Waals surface area contributed by atoms with Crippen molar-refractivity contribution >= 4 is 17.3 Å². The zero-order valence-corrected chi connectivity index (χ0v) is 13.6. The van der Waals surface area contributed by atoms with Crippen LogP contribution < -0.4 is 14.8 Å². The summed E-state index contributed by atoms with van der Waals surface area (Å²) in [7, 11) is 1.33. The van der Waals surface area contributed by atoms with Crippen molar-refractivity contribution in [1.82, 2.24) is 0 Å². The van der Waals surface area contributed by atoms with E-state index in [0.717, 1.165) is 12.1 Å². The Labute approximate surface area is 145 Å². The fraction of sp³-hybridized carbons (Fsp3) is 0.188. The van der Waals surface area contributed by atoms with Crippen molar-refractivity contribution in [2.24, 2.45) is 0 Å². The van der Waals surface area contributed by atoms with Crippen molar-refractivity contribution in [3.63, 3.8) is 0 Å². The molecule has 0 aliphatic rings. The molecule has 0 heterocycles. The summed E-state index contributed by atoms with van der Waals surface area (Å²) >= 11 is 0. The predicted octanol–water partition coefficient (Wildman–Crippen LogP) is 3.43. The molecule has 0 aromatic heterocycles. The van der Waals surface area contributed by atoms with Crippen LogP contribution in [-0.2, 0) is 4.79 Å². The highest BCUT2D eigenvalue weighted by Crippen LogP contribution is 2.32. The summed E-state index contributed by atoms with van der Waals surface area (Å²) in [6.07, 6.45) is -1.30. The molecule has 2 aromatic rings. The van der Waals surface area contributed by atoms with Gasteiger partial charge in [-0.2, -0.15) is 0 Å². The molecule has 0 saturated heterocycles. The minimum absolute atomic E-state index is 0.213. The SMILES string of the molecule is COc1ccc(O[C@H](C)C(=O)Nc2ccc(F)c(F)c2F)c([N+](=O)[O-])c1. The topological polar surface area (TPSA) is 90.7 Å². The van der Waals surface area contributed by atoms with Gasteiger partial charge in [-0.15, -0.1) is 0 Å². The van der Waals surface area contributed by atoms with Gasteiger partial charge in [-0.05, 0) is 31.2 Å². The van der Waals surface area contributed by atoms with Crippen LogP contribution in [0.1, 0.15) is 6.92 Å². The third-order valence-corrected chi connectivity index (χ3v) is 3.33. The lowest BCUT2D eigenvalue weighted by Crippen LogP contribution is -2.30. The van der Waals surface area contributed by atoms with Gasteiger partial charge in [0.05, 0.1) is 23.8 Å². The average molecular weight is 370 g/mol. The van der Waals surface area contributed by atoms with Gasteiger partial charge in [0.15, 0.2) is 29.3 Å².